The number of aromatic nitrogens is 3. The van der Waals surface area contributed by atoms with Crippen molar-refractivity contribution in [3.05, 3.63) is 63.2 Å². The molecule has 2 N–H and O–H groups in total. The lowest BCUT2D eigenvalue weighted by molar-refractivity contribution is 0.435. The van der Waals surface area contributed by atoms with E-state index in [0.717, 1.165) is 11.3 Å². The lowest BCUT2D eigenvalue weighted by Crippen LogP contribution is -2.03. The predicted molar refractivity (Wildman–Crippen MR) is 99.9 cm³/mol. The summed E-state index contributed by atoms with van der Waals surface area (Å²) < 4.78 is 2.15. The number of benzene rings is 1. The van der Waals surface area contributed by atoms with Crippen LogP contribution in [-0.4, -0.2) is 26.4 Å². The average molecular weight is 346 g/mol. The Morgan fingerprint density at radius 2 is 2.17 bits per heavy atom. The molecule has 2 rings (SSSR count). The summed E-state index contributed by atoms with van der Waals surface area (Å²) in [5.74, 6) is 0.405. The van der Waals surface area contributed by atoms with Crippen LogP contribution < -0.4 is 0 Å². The van der Waals surface area contributed by atoms with Crippen LogP contribution in [0.5, 0.6) is 0 Å². The highest BCUT2D eigenvalue weighted by Gasteiger charge is 2.15. The van der Waals surface area contributed by atoms with E-state index in [0.29, 0.717) is 16.2 Å². The monoisotopic (exact) mass is 346 g/mol. The standard InChI is InChI=1S/C15H16N4O2S.C2H6/c1-3-12(13(20)7-8-16-21)14-17-18-15(22)19(14)11-6-4-5-10(2)9-11;1-2/h3-7,9,20H,8H2,1-2H3,(H,18,22);1-2H3/b12-3+,13-7+;. The molecule has 0 aliphatic carbocycles. The first-order valence-electron chi connectivity index (χ1n) is 7.68. The van der Waals surface area contributed by atoms with Gasteiger partial charge in [-0.1, -0.05) is 37.2 Å². The fraction of sp³-hybridized carbons (Fsp3) is 0.294. The molecule has 0 unspecified atom stereocenters. The Hall–Kier alpha value is -2.54. The predicted octanol–water partition coefficient (Wildman–Crippen LogP) is 4.88. The van der Waals surface area contributed by atoms with Crippen molar-refractivity contribution in [2.45, 2.75) is 27.7 Å². The van der Waals surface area contributed by atoms with Crippen LogP contribution in [0.3, 0.4) is 0 Å². The highest BCUT2D eigenvalue weighted by molar-refractivity contribution is 7.71. The Labute approximate surface area is 146 Å². The summed E-state index contributed by atoms with van der Waals surface area (Å²) in [5, 5.41) is 19.8. The van der Waals surface area contributed by atoms with Gasteiger partial charge >= 0.3 is 0 Å². The quantitative estimate of drug-likeness (QED) is 0.350. The van der Waals surface area contributed by atoms with Crippen LogP contribution in [0.1, 0.15) is 32.2 Å². The van der Waals surface area contributed by atoms with Gasteiger partial charge in [0, 0.05) is 0 Å². The van der Waals surface area contributed by atoms with Crippen molar-refractivity contribution in [2.75, 3.05) is 6.54 Å². The number of rotatable bonds is 5. The molecule has 6 nitrogen and oxygen atoms in total. The first-order chi connectivity index (χ1) is 11.6. The minimum Gasteiger partial charge on any atom is -0.507 e. The Morgan fingerprint density at radius 1 is 1.46 bits per heavy atom. The third kappa shape index (κ3) is 4.48. The van der Waals surface area contributed by atoms with E-state index in [4.69, 9.17) is 12.2 Å². The maximum Gasteiger partial charge on any atom is 0.200 e. The van der Waals surface area contributed by atoms with Gasteiger partial charge in [-0.15, -0.1) is 0 Å². The van der Waals surface area contributed by atoms with Gasteiger partial charge in [0.25, 0.3) is 0 Å². The molecule has 0 bridgehead atoms. The fourth-order valence-corrected chi connectivity index (χ4v) is 2.35. The normalized spacial score (nSPS) is 11.7. The van der Waals surface area contributed by atoms with Gasteiger partial charge in [-0.05, 0) is 49.8 Å². The zero-order valence-corrected chi connectivity index (χ0v) is 15.1. The zero-order valence-electron chi connectivity index (χ0n) is 14.3. The minimum absolute atomic E-state index is 0.0648. The van der Waals surface area contributed by atoms with Crippen LogP contribution >= 0.6 is 12.2 Å². The molecule has 7 heteroatoms. The van der Waals surface area contributed by atoms with Crippen LogP contribution in [0.15, 0.2) is 47.4 Å². The van der Waals surface area contributed by atoms with E-state index in [9.17, 15) is 10.0 Å². The molecule has 0 aliphatic heterocycles. The van der Waals surface area contributed by atoms with Gasteiger partial charge in [-0.2, -0.15) is 10.0 Å². The number of aryl methyl sites for hydroxylation is 1. The number of nitrogens with one attached hydrogen (secondary N) is 1. The Bertz CT molecular complexity index is 803. The topological polar surface area (TPSA) is 83.3 Å². The van der Waals surface area contributed by atoms with Gasteiger partial charge in [0.1, 0.15) is 12.3 Å². The maximum absolute atomic E-state index is 10.2. The van der Waals surface area contributed by atoms with Crippen molar-refractivity contribution < 1.29 is 5.11 Å². The molecule has 1 aromatic heterocycles. The van der Waals surface area contributed by atoms with E-state index in [1.165, 1.54) is 6.08 Å². The van der Waals surface area contributed by atoms with Gasteiger partial charge in [-0.25, -0.2) is 0 Å². The Balaban J connectivity index is 0.00000139. The summed E-state index contributed by atoms with van der Waals surface area (Å²) in [4.78, 5) is 10.2. The number of hydrogen-bond donors (Lipinski definition) is 2. The first kappa shape index (κ1) is 19.5. The zero-order chi connectivity index (χ0) is 18.1. The summed E-state index contributed by atoms with van der Waals surface area (Å²) in [6.07, 6.45) is 3.04. The van der Waals surface area contributed by atoms with E-state index in [1.807, 2.05) is 45.0 Å². The molecule has 0 saturated carbocycles. The number of aliphatic hydroxyl groups excluding tert-OH is 1. The number of H-pyrrole nitrogens is 1. The molecule has 0 spiro atoms. The smallest absolute Gasteiger partial charge is 0.200 e. The SMILES string of the molecule is C/C=C(\C(O)=C/CN=O)c1n[nH]c(=S)n1-c1cccc(C)c1.CC. The average Bonchev–Trinajstić information content (AvgIpc) is 2.97. The number of allylic oxidation sites excluding steroid dienone is 2. The molecule has 0 atom stereocenters. The third-order valence-electron chi connectivity index (χ3n) is 3.10. The van der Waals surface area contributed by atoms with Crippen molar-refractivity contribution in [1.82, 2.24) is 14.8 Å². The summed E-state index contributed by atoms with van der Waals surface area (Å²) >= 11 is 5.29. The number of nitroso groups, excluding NO2 is 1. The van der Waals surface area contributed by atoms with Crippen molar-refractivity contribution in [3.63, 3.8) is 0 Å². The highest BCUT2D eigenvalue weighted by Crippen LogP contribution is 2.23. The Morgan fingerprint density at radius 3 is 2.75 bits per heavy atom. The van der Waals surface area contributed by atoms with Gasteiger partial charge in [0.2, 0.25) is 0 Å². The molecule has 128 valence electrons. The van der Waals surface area contributed by atoms with Crippen molar-refractivity contribution in [2.24, 2.45) is 5.18 Å². The largest absolute Gasteiger partial charge is 0.507 e. The second kappa shape index (κ2) is 9.57. The summed E-state index contributed by atoms with van der Waals surface area (Å²) in [6.45, 7) is 7.64. The van der Waals surface area contributed by atoms with Gasteiger partial charge in [0.15, 0.2) is 10.6 Å². The minimum atomic E-state index is -0.112. The lowest BCUT2D eigenvalue weighted by atomic mass is 10.1. The second-order valence-corrected chi connectivity index (χ2v) is 5.02. The molecule has 0 saturated heterocycles. The van der Waals surface area contributed by atoms with Crippen molar-refractivity contribution >= 4 is 17.8 Å². The first-order valence-corrected chi connectivity index (χ1v) is 8.09. The third-order valence-corrected chi connectivity index (χ3v) is 3.37. The summed E-state index contributed by atoms with van der Waals surface area (Å²) in [7, 11) is 0. The molecule has 2 aromatic rings. The van der Waals surface area contributed by atoms with E-state index in [2.05, 4.69) is 15.4 Å². The number of aliphatic hydroxyl groups is 1. The van der Waals surface area contributed by atoms with Crippen LogP contribution in [0, 0.1) is 16.6 Å². The second-order valence-electron chi connectivity index (χ2n) is 4.63. The van der Waals surface area contributed by atoms with Crippen molar-refractivity contribution in [1.29, 1.82) is 0 Å². The molecule has 0 fully saturated rings. The number of nitrogens with zero attached hydrogens (tertiary/aromatic N) is 3. The molecular formula is C17H22N4O2S. The molecule has 0 radical (unpaired) electrons. The van der Waals surface area contributed by atoms with E-state index >= 15 is 0 Å². The van der Waals surface area contributed by atoms with Gasteiger partial charge in [0.05, 0.1) is 11.3 Å². The summed E-state index contributed by atoms with van der Waals surface area (Å²) in [6, 6.07) is 7.78. The van der Waals surface area contributed by atoms with Crippen molar-refractivity contribution in [3.8, 4) is 5.69 Å². The highest BCUT2D eigenvalue weighted by atomic mass is 32.1. The number of aromatic amines is 1. The molecule has 24 heavy (non-hydrogen) atoms. The van der Waals surface area contributed by atoms with Crippen LogP contribution in [0.25, 0.3) is 11.3 Å². The molecule has 1 aromatic carbocycles. The number of hydrogen-bond acceptors (Lipinski definition) is 5. The van der Waals surface area contributed by atoms with Crippen LogP contribution in [0.2, 0.25) is 0 Å². The lowest BCUT2D eigenvalue weighted by Gasteiger charge is -2.10. The summed E-state index contributed by atoms with van der Waals surface area (Å²) in [5.41, 5.74) is 2.39. The Kier molecular flexibility index (Phi) is 7.77. The molecule has 0 amide bonds. The van der Waals surface area contributed by atoms with Crippen LogP contribution in [0.4, 0.5) is 0 Å². The van der Waals surface area contributed by atoms with Crippen LogP contribution in [-0.2, 0) is 0 Å². The van der Waals surface area contributed by atoms with Gasteiger partial charge < -0.3 is 5.11 Å². The van der Waals surface area contributed by atoms with E-state index in [1.54, 1.807) is 17.6 Å². The molecule has 0 aliphatic rings. The van der Waals surface area contributed by atoms with Gasteiger partial charge in [-0.3, -0.25) is 9.67 Å². The van der Waals surface area contributed by atoms with E-state index < -0.39 is 0 Å². The maximum atomic E-state index is 10.2. The molecule has 1 heterocycles. The molecular weight excluding hydrogens is 324 g/mol. The fourth-order valence-electron chi connectivity index (χ4n) is 2.11. The van der Waals surface area contributed by atoms with E-state index in [-0.39, 0.29) is 12.3 Å².